The molecular weight excluding hydrogens is 176 g/mol. The molecule has 1 unspecified atom stereocenters. The average Bonchev–Trinajstić information content (AvgIpc) is 1.88. The van der Waals surface area contributed by atoms with Crippen LogP contribution in [0, 0.1) is 0 Å². The van der Waals surface area contributed by atoms with Crippen LogP contribution in [-0.4, -0.2) is 32.2 Å². The third kappa shape index (κ3) is 4.50. The van der Waals surface area contributed by atoms with Gasteiger partial charge in [-0.15, -0.1) is 12.4 Å². The summed E-state index contributed by atoms with van der Waals surface area (Å²) in [6, 6.07) is 0. The van der Waals surface area contributed by atoms with E-state index in [1.165, 1.54) is 0 Å². The van der Waals surface area contributed by atoms with Crippen molar-refractivity contribution >= 4 is 12.4 Å². The number of halogens is 3. The van der Waals surface area contributed by atoms with Crippen molar-refractivity contribution in [3.05, 3.63) is 0 Å². The molecule has 1 rings (SSSR count). The van der Waals surface area contributed by atoms with Gasteiger partial charge in [-0.1, -0.05) is 0 Å². The maximum Gasteiger partial charge on any atom is 0.241 e. The van der Waals surface area contributed by atoms with Crippen LogP contribution in [0.4, 0.5) is 8.78 Å². The molecular formula is C6H12ClF2NO. The SMILES string of the molecule is Cl.FC(F)CC1CNCCO1. The Morgan fingerprint density at radius 3 is 2.73 bits per heavy atom. The number of alkyl halides is 2. The molecule has 0 aromatic rings. The van der Waals surface area contributed by atoms with Crippen molar-refractivity contribution in [3.8, 4) is 0 Å². The van der Waals surface area contributed by atoms with E-state index < -0.39 is 6.43 Å². The molecule has 0 aliphatic carbocycles. The van der Waals surface area contributed by atoms with Crippen molar-refractivity contribution < 1.29 is 13.5 Å². The predicted molar refractivity (Wildman–Crippen MR) is 40.5 cm³/mol. The molecule has 1 atom stereocenters. The van der Waals surface area contributed by atoms with E-state index in [9.17, 15) is 8.78 Å². The van der Waals surface area contributed by atoms with Crippen LogP contribution in [0.2, 0.25) is 0 Å². The molecule has 0 aromatic carbocycles. The molecule has 0 amide bonds. The first-order valence-electron chi connectivity index (χ1n) is 3.39. The molecule has 1 aliphatic heterocycles. The predicted octanol–water partition coefficient (Wildman–Crippen LogP) is 1.05. The highest BCUT2D eigenvalue weighted by atomic mass is 35.5. The lowest BCUT2D eigenvalue weighted by molar-refractivity contribution is -0.0130. The molecule has 1 fully saturated rings. The highest BCUT2D eigenvalue weighted by Crippen LogP contribution is 2.08. The normalized spacial score (nSPS) is 24.8. The third-order valence-corrected chi connectivity index (χ3v) is 1.45. The van der Waals surface area contributed by atoms with E-state index in [-0.39, 0.29) is 24.9 Å². The first-order valence-corrected chi connectivity index (χ1v) is 3.39. The van der Waals surface area contributed by atoms with Crippen LogP contribution in [0.15, 0.2) is 0 Å². The van der Waals surface area contributed by atoms with Crippen molar-refractivity contribution in [2.24, 2.45) is 0 Å². The first kappa shape index (κ1) is 11.1. The average molecular weight is 188 g/mol. The largest absolute Gasteiger partial charge is 0.375 e. The van der Waals surface area contributed by atoms with Crippen LogP contribution >= 0.6 is 12.4 Å². The van der Waals surface area contributed by atoms with Crippen LogP contribution < -0.4 is 5.32 Å². The second kappa shape index (κ2) is 5.69. The number of hydrogen-bond donors (Lipinski definition) is 1. The van der Waals surface area contributed by atoms with E-state index >= 15 is 0 Å². The van der Waals surface area contributed by atoms with E-state index in [1.807, 2.05) is 0 Å². The van der Waals surface area contributed by atoms with Crippen molar-refractivity contribution in [2.75, 3.05) is 19.7 Å². The Bertz CT molecular complexity index is 98.6. The van der Waals surface area contributed by atoms with Gasteiger partial charge in [0.15, 0.2) is 0 Å². The molecule has 68 valence electrons. The number of rotatable bonds is 2. The fraction of sp³-hybridized carbons (Fsp3) is 1.00. The van der Waals surface area contributed by atoms with Gasteiger partial charge in [-0.05, 0) is 0 Å². The molecule has 0 aromatic heterocycles. The zero-order chi connectivity index (χ0) is 7.40. The Morgan fingerprint density at radius 1 is 1.55 bits per heavy atom. The van der Waals surface area contributed by atoms with E-state index in [0.29, 0.717) is 13.2 Å². The quantitative estimate of drug-likeness (QED) is 0.698. The molecule has 1 heterocycles. The summed E-state index contributed by atoms with van der Waals surface area (Å²) in [4.78, 5) is 0. The minimum atomic E-state index is -2.25. The number of ether oxygens (including phenoxy) is 1. The molecule has 1 aliphatic rings. The molecule has 0 saturated carbocycles. The Kier molecular flexibility index (Phi) is 5.72. The molecule has 1 saturated heterocycles. The van der Waals surface area contributed by atoms with Gasteiger partial charge in [-0.3, -0.25) is 0 Å². The van der Waals surface area contributed by atoms with Gasteiger partial charge in [-0.2, -0.15) is 0 Å². The van der Waals surface area contributed by atoms with E-state index in [1.54, 1.807) is 0 Å². The maximum absolute atomic E-state index is 11.7. The topological polar surface area (TPSA) is 21.3 Å². The van der Waals surface area contributed by atoms with Crippen LogP contribution in [0.25, 0.3) is 0 Å². The Balaban J connectivity index is 0.000001000. The van der Waals surface area contributed by atoms with Crippen LogP contribution in [-0.2, 0) is 4.74 Å². The zero-order valence-electron chi connectivity index (χ0n) is 6.06. The van der Waals surface area contributed by atoms with Gasteiger partial charge in [0.25, 0.3) is 0 Å². The minimum absolute atomic E-state index is 0. The zero-order valence-corrected chi connectivity index (χ0v) is 6.87. The van der Waals surface area contributed by atoms with E-state index in [4.69, 9.17) is 4.74 Å². The van der Waals surface area contributed by atoms with Gasteiger partial charge < -0.3 is 10.1 Å². The fourth-order valence-electron chi connectivity index (χ4n) is 0.970. The summed E-state index contributed by atoms with van der Waals surface area (Å²) in [5.74, 6) is 0. The molecule has 0 radical (unpaired) electrons. The number of morpholine rings is 1. The van der Waals surface area contributed by atoms with Crippen molar-refractivity contribution in [2.45, 2.75) is 19.0 Å². The van der Waals surface area contributed by atoms with Crippen LogP contribution in [0.3, 0.4) is 0 Å². The maximum atomic E-state index is 11.7. The second-order valence-corrected chi connectivity index (χ2v) is 2.32. The van der Waals surface area contributed by atoms with Crippen LogP contribution in [0.1, 0.15) is 6.42 Å². The molecule has 0 bridgehead atoms. The lowest BCUT2D eigenvalue weighted by atomic mass is 10.2. The lowest BCUT2D eigenvalue weighted by Crippen LogP contribution is -2.39. The summed E-state index contributed by atoms with van der Waals surface area (Å²) < 4.78 is 28.5. The highest BCUT2D eigenvalue weighted by molar-refractivity contribution is 5.85. The first-order chi connectivity index (χ1) is 4.79. The molecule has 1 N–H and O–H groups in total. The smallest absolute Gasteiger partial charge is 0.241 e. The van der Waals surface area contributed by atoms with Gasteiger partial charge in [0.1, 0.15) is 0 Å². The van der Waals surface area contributed by atoms with Crippen molar-refractivity contribution in [1.82, 2.24) is 5.32 Å². The number of nitrogens with one attached hydrogen (secondary N) is 1. The fourth-order valence-corrected chi connectivity index (χ4v) is 0.970. The van der Waals surface area contributed by atoms with Gasteiger partial charge in [0.05, 0.1) is 12.7 Å². The lowest BCUT2D eigenvalue weighted by Gasteiger charge is -2.22. The highest BCUT2D eigenvalue weighted by Gasteiger charge is 2.17. The van der Waals surface area contributed by atoms with Gasteiger partial charge in [0, 0.05) is 19.5 Å². The van der Waals surface area contributed by atoms with E-state index in [2.05, 4.69) is 5.32 Å². The summed E-state index contributed by atoms with van der Waals surface area (Å²) in [6.45, 7) is 1.89. The summed E-state index contributed by atoms with van der Waals surface area (Å²) in [7, 11) is 0. The summed E-state index contributed by atoms with van der Waals surface area (Å²) in [5, 5.41) is 2.98. The summed E-state index contributed by atoms with van der Waals surface area (Å²) in [6.07, 6.45) is -2.67. The van der Waals surface area contributed by atoms with Gasteiger partial charge in [-0.25, -0.2) is 8.78 Å². The molecule has 11 heavy (non-hydrogen) atoms. The van der Waals surface area contributed by atoms with Gasteiger partial charge >= 0.3 is 0 Å². The molecule has 0 spiro atoms. The standard InChI is InChI=1S/C6H11F2NO.ClH/c7-6(8)3-5-4-9-1-2-10-5;/h5-6,9H,1-4H2;1H. The monoisotopic (exact) mass is 187 g/mol. The van der Waals surface area contributed by atoms with Gasteiger partial charge in [0.2, 0.25) is 6.43 Å². The Labute approximate surface area is 70.7 Å². The second-order valence-electron chi connectivity index (χ2n) is 2.32. The molecule has 2 nitrogen and oxygen atoms in total. The van der Waals surface area contributed by atoms with E-state index in [0.717, 1.165) is 6.54 Å². The number of hydrogen-bond acceptors (Lipinski definition) is 2. The van der Waals surface area contributed by atoms with Crippen molar-refractivity contribution in [3.63, 3.8) is 0 Å². The Hall–Kier alpha value is 0.0700. The molecule has 5 heteroatoms. The third-order valence-electron chi connectivity index (χ3n) is 1.45. The summed E-state index contributed by atoms with van der Waals surface area (Å²) >= 11 is 0. The van der Waals surface area contributed by atoms with Crippen LogP contribution in [0.5, 0.6) is 0 Å². The van der Waals surface area contributed by atoms with Crippen molar-refractivity contribution in [1.29, 1.82) is 0 Å². The summed E-state index contributed by atoms with van der Waals surface area (Å²) in [5.41, 5.74) is 0. The Morgan fingerprint density at radius 2 is 2.27 bits per heavy atom. The minimum Gasteiger partial charge on any atom is -0.375 e.